The van der Waals surface area contributed by atoms with Crippen molar-refractivity contribution < 1.29 is 22.3 Å². The number of nitrogens with zero attached hydrogens (tertiary/aromatic N) is 10. The van der Waals surface area contributed by atoms with E-state index in [0.717, 1.165) is 12.3 Å². The Bertz CT molecular complexity index is 1990. The van der Waals surface area contributed by atoms with Gasteiger partial charge >= 0.3 is 6.18 Å². The Balaban J connectivity index is 1.42. The Morgan fingerprint density at radius 1 is 1.00 bits per heavy atom. The highest BCUT2D eigenvalue weighted by molar-refractivity contribution is 6.31. The van der Waals surface area contributed by atoms with E-state index in [9.17, 15) is 18.4 Å². The SMILES string of the molecule is Cn1ncc(C[C@@H](c2ccc(-c3c(-n4cc(Cl)nn4)ccc(Cl)c3F)c[n+]2[O-])n2cc(-c3ccnc(C(F)(F)F)c3)cn2)n1. The predicted octanol–water partition coefficient (Wildman–Crippen LogP) is 5.25. The lowest BCUT2D eigenvalue weighted by atomic mass is 10.0. The standard InChI is InChI=1S/C27H18Cl2F4N10O/c1-40-35-11-18(38-40)9-22(41-12-17(10-36-41)15-6-7-34-23(8-15)27(31,32)33)20-4-2-16(13-43(20)44)25-21(5-3-19(28)26(25)30)42-14-24(29)37-39-42/h2-8,10-14,22H,9H2,1H3/t22-/m0/s1. The fraction of sp³-hybridized carbons (Fsp3) is 0.148. The zero-order valence-electron chi connectivity index (χ0n) is 22.4. The minimum absolute atomic E-state index is 0.0137. The Kier molecular flexibility index (Phi) is 7.51. The quantitative estimate of drug-likeness (QED) is 0.132. The highest BCUT2D eigenvalue weighted by Gasteiger charge is 2.33. The molecule has 0 radical (unpaired) electrons. The van der Waals surface area contributed by atoms with Gasteiger partial charge in [-0.3, -0.25) is 9.67 Å². The minimum Gasteiger partial charge on any atom is -0.618 e. The molecule has 0 aliphatic heterocycles. The molecule has 6 aromatic rings. The van der Waals surface area contributed by atoms with Crippen LogP contribution in [0, 0.1) is 11.0 Å². The number of hydrogen-bond donors (Lipinski definition) is 0. The van der Waals surface area contributed by atoms with Crippen LogP contribution in [0.2, 0.25) is 10.2 Å². The van der Waals surface area contributed by atoms with Crippen molar-refractivity contribution in [2.75, 3.05) is 0 Å². The maximum absolute atomic E-state index is 15.4. The maximum atomic E-state index is 15.4. The second kappa shape index (κ2) is 11.3. The molecule has 0 fully saturated rings. The minimum atomic E-state index is -4.63. The van der Waals surface area contributed by atoms with Crippen molar-refractivity contribution in [3.8, 4) is 27.9 Å². The van der Waals surface area contributed by atoms with Crippen molar-refractivity contribution in [2.45, 2.75) is 18.6 Å². The molecule has 0 spiro atoms. The van der Waals surface area contributed by atoms with Gasteiger partial charge in [-0.05, 0) is 35.9 Å². The van der Waals surface area contributed by atoms with Crippen LogP contribution in [-0.4, -0.2) is 44.8 Å². The first-order chi connectivity index (χ1) is 21.0. The summed E-state index contributed by atoms with van der Waals surface area (Å²) in [5.41, 5.74) is 0.671. The number of alkyl halides is 3. The third kappa shape index (κ3) is 5.70. The lowest BCUT2D eigenvalue weighted by Gasteiger charge is -2.17. The molecule has 0 unspecified atom stereocenters. The molecule has 5 aromatic heterocycles. The largest absolute Gasteiger partial charge is 0.618 e. The normalized spacial score (nSPS) is 12.5. The van der Waals surface area contributed by atoms with Gasteiger partial charge in [0.15, 0.2) is 17.2 Å². The predicted molar refractivity (Wildman–Crippen MR) is 149 cm³/mol. The smallest absolute Gasteiger partial charge is 0.433 e. The molecular weight excluding hydrogens is 627 g/mol. The summed E-state index contributed by atoms with van der Waals surface area (Å²) in [6, 6.07) is 7.45. The van der Waals surface area contributed by atoms with Crippen molar-refractivity contribution in [1.29, 1.82) is 0 Å². The van der Waals surface area contributed by atoms with Gasteiger partial charge in [-0.1, -0.05) is 28.4 Å². The van der Waals surface area contributed by atoms with E-state index >= 15 is 4.39 Å². The molecular formula is C27H18Cl2F4N10O. The van der Waals surface area contributed by atoms with Gasteiger partial charge in [0.2, 0.25) is 5.69 Å². The van der Waals surface area contributed by atoms with Crippen molar-refractivity contribution in [2.24, 2.45) is 7.05 Å². The molecule has 0 saturated carbocycles. The van der Waals surface area contributed by atoms with Gasteiger partial charge < -0.3 is 5.21 Å². The maximum Gasteiger partial charge on any atom is 0.433 e. The van der Waals surface area contributed by atoms with Gasteiger partial charge in [-0.25, -0.2) is 9.07 Å². The molecule has 0 N–H and O–H groups in total. The lowest BCUT2D eigenvalue weighted by molar-refractivity contribution is -0.615. The van der Waals surface area contributed by atoms with Crippen LogP contribution in [0.4, 0.5) is 17.6 Å². The average Bonchev–Trinajstić information content (AvgIpc) is 3.74. The van der Waals surface area contributed by atoms with Crippen LogP contribution in [0.5, 0.6) is 0 Å². The Hall–Kier alpha value is -4.89. The summed E-state index contributed by atoms with van der Waals surface area (Å²) >= 11 is 12.0. The van der Waals surface area contributed by atoms with Gasteiger partial charge in [0.05, 0.1) is 46.1 Å². The van der Waals surface area contributed by atoms with Crippen LogP contribution in [0.3, 0.4) is 0 Å². The summed E-state index contributed by atoms with van der Waals surface area (Å²) in [7, 11) is 1.63. The van der Waals surface area contributed by atoms with E-state index < -0.39 is 23.7 Å². The molecule has 44 heavy (non-hydrogen) atoms. The van der Waals surface area contributed by atoms with E-state index in [1.54, 1.807) is 7.05 Å². The molecule has 11 nitrogen and oxygen atoms in total. The third-order valence-electron chi connectivity index (χ3n) is 6.71. The summed E-state index contributed by atoms with van der Waals surface area (Å²) in [5.74, 6) is -0.785. The molecule has 0 aliphatic carbocycles. The van der Waals surface area contributed by atoms with Crippen LogP contribution < -0.4 is 4.73 Å². The third-order valence-corrected chi connectivity index (χ3v) is 7.18. The molecule has 1 aromatic carbocycles. The summed E-state index contributed by atoms with van der Waals surface area (Å²) in [4.78, 5) is 4.75. The average molecular weight is 645 g/mol. The van der Waals surface area contributed by atoms with E-state index in [0.29, 0.717) is 16.0 Å². The van der Waals surface area contributed by atoms with E-state index in [1.807, 2.05) is 0 Å². The van der Waals surface area contributed by atoms with E-state index in [-0.39, 0.29) is 44.7 Å². The monoisotopic (exact) mass is 644 g/mol. The molecule has 6 rings (SSSR count). The first-order valence-electron chi connectivity index (χ1n) is 12.7. The highest BCUT2D eigenvalue weighted by atomic mass is 35.5. The van der Waals surface area contributed by atoms with E-state index in [4.69, 9.17) is 23.2 Å². The molecule has 0 amide bonds. The Labute approximate surface area is 255 Å². The molecule has 0 saturated heterocycles. The van der Waals surface area contributed by atoms with Gasteiger partial charge in [0.1, 0.15) is 11.7 Å². The lowest BCUT2D eigenvalue weighted by Crippen LogP contribution is -2.36. The van der Waals surface area contributed by atoms with Crippen molar-refractivity contribution in [3.63, 3.8) is 0 Å². The summed E-state index contributed by atoms with van der Waals surface area (Å²) < 4.78 is 58.5. The van der Waals surface area contributed by atoms with Crippen LogP contribution in [0.25, 0.3) is 27.9 Å². The number of pyridine rings is 2. The number of aromatic nitrogens is 10. The van der Waals surface area contributed by atoms with Gasteiger partial charge in [-0.15, -0.1) is 5.10 Å². The van der Waals surface area contributed by atoms with Crippen LogP contribution in [0.15, 0.2) is 73.6 Å². The number of hydrogen-bond acceptors (Lipinski definition) is 7. The molecule has 17 heteroatoms. The first-order valence-corrected chi connectivity index (χ1v) is 13.5. The Morgan fingerprint density at radius 2 is 1.82 bits per heavy atom. The van der Waals surface area contributed by atoms with Crippen LogP contribution in [-0.2, 0) is 19.6 Å². The molecule has 5 heterocycles. The first kappa shape index (κ1) is 29.2. The second-order valence-electron chi connectivity index (χ2n) is 9.59. The van der Waals surface area contributed by atoms with E-state index in [2.05, 4.69) is 30.6 Å². The van der Waals surface area contributed by atoms with Gasteiger partial charge in [-0.2, -0.15) is 38.0 Å². The second-order valence-corrected chi connectivity index (χ2v) is 10.4. The molecule has 0 bridgehead atoms. The van der Waals surface area contributed by atoms with Crippen molar-refractivity contribution >= 4 is 23.2 Å². The van der Waals surface area contributed by atoms with Crippen molar-refractivity contribution in [1.82, 2.24) is 44.8 Å². The highest BCUT2D eigenvalue weighted by Crippen LogP contribution is 2.35. The summed E-state index contributed by atoms with van der Waals surface area (Å²) in [6.45, 7) is 0. The molecule has 0 aliphatic rings. The van der Waals surface area contributed by atoms with Gasteiger partial charge in [0, 0.05) is 37.5 Å². The molecule has 1 atom stereocenters. The van der Waals surface area contributed by atoms with Crippen LogP contribution in [0.1, 0.15) is 23.1 Å². The van der Waals surface area contributed by atoms with E-state index in [1.165, 1.54) is 75.5 Å². The zero-order chi connectivity index (χ0) is 31.2. The van der Waals surface area contributed by atoms with Crippen LogP contribution >= 0.6 is 23.2 Å². The number of rotatable bonds is 7. The fourth-order valence-corrected chi connectivity index (χ4v) is 4.98. The summed E-state index contributed by atoms with van der Waals surface area (Å²) in [5, 5.41) is 33.9. The zero-order valence-corrected chi connectivity index (χ0v) is 23.9. The van der Waals surface area contributed by atoms with Gasteiger partial charge in [0.25, 0.3) is 0 Å². The number of aryl methyl sites for hydroxylation is 1. The summed E-state index contributed by atoms with van der Waals surface area (Å²) in [6.07, 6.45) is 3.57. The number of benzene rings is 1. The topological polar surface area (TPSA) is 119 Å². The number of halogens is 6. The molecule has 224 valence electrons. The van der Waals surface area contributed by atoms with Crippen molar-refractivity contribution in [3.05, 3.63) is 112 Å². The Morgan fingerprint density at radius 3 is 2.50 bits per heavy atom. The fourth-order valence-electron chi connectivity index (χ4n) is 4.70.